The van der Waals surface area contributed by atoms with Gasteiger partial charge in [-0.1, -0.05) is 62.9 Å². The summed E-state index contributed by atoms with van der Waals surface area (Å²) in [6.45, 7) is 3.00. The smallest absolute Gasteiger partial charge is 0.323 e. The molecule has 1 aliphatic rings. The van der Waals surface area contributed by atoms with Crippen LogP contribution in [0.25, 0.3) is 0 Å². The molecule has 1 fully saturated rings. The van der Waals surface area contributed by atoms with Gasteiger partial charge in [0.25, 0.3) is 5.91 Å². The van der Waals surface area contributed by atoms with E-state index < -0.39 is 5.97 Å². The van der Waals surface area contributed by atoms with E-state index in [0.717, 1.165) is 45.1 Å². The van der Waals surface area contributed by atoms with Crippen LogP contribution in [0, 0.1) is 5.92 Å². The lowest BCUT2D eigenvalue weighted by Crippen LogP contribution is -2.40. The Morgan fingerprint density at radius 3 is 2.48 bits per heavy atom. The van der Waals surface area contributed by atoms with Crippen LogP contribution in [0.4, 0.5) is 5.95 Å². The fourth-order valence-electron chi connectivity index (χ4n) is 4.47. The van der Waals surface area contributed by atoms with Crippen molar-refractivity contribution in [3.63, 3.8) is 0 Å². The van der Waals surface area contributed by atoms with E-state index >= 15 is 0 Å². The molecule has 0 bridgehead atoms. The molecular weight excluding hydrogens is 416 g/mol. The second-order valence-electron chi connectivity index (χ2n) is 9.02. The van der Waals surface area contributed by atoms with Crippen LogP contribution in [0.5, 0.6) is 0 Å². The lowest BCUT2D eigenvalue weighted by atomic mass is 9.89. The fourth-order valence-corrected chi connectivity index (χ4v) is 4.47. The molecule has 7 nitrogen and oxygen atoms in total. The Morgan fingerprint density at radius 2 is 1.82 bits per heavy atom. The number of aliphatic carboxylic acids is 1. The molecule has 3 rings (SSSR count). The van der Waals surface area contributed by atoms with Gasteiger partial charge in [0.05, 0.1) is 11.3 Å². The molecule has 1 saturated carbocycles. The first-order chi connectivity index (χ1) is 16.0. The minimum atomic E-state index is -0.991. The summed E-state index contributed by atoms with van der Waals surface area (Å²) in [6, 6.07) is 10.3. The number of nitrogens with zero attached hydrogens (tertiary/aromatic N) is 4. The highest BCUT2D eigenvalue weighted by molar-refractivity contribution is 5.96. The minimum Gasteiger partial charge on any atom is -0.480 e. The molecule has 1 heterocycles. The highest BCUT2D eigenvalue weighted by atomic mass is 16.4. The third-order valence-electron chi connectivity index (χ3n) is 6.31. The summed E-state index contributed by atoms with van der Waals surface area (Å²) in [5.41, 5.74) is 2.36. The largest absolute Gasteiger partial charge is 0.480 e. The number of anilines is 1. The first-order valence-corrected chi connectivity index (χ1v) is 12.1. The number of amides is 1. The van der Waals surface area contributed by atoms with Crippen LogP contribution >= 0.6 is 0 Å². The van der Waals surface area contributed by atoms with Gasteiger partial charge >= 0.3 is 5.97 Å². The summed E-state index contributed by atoms with van der Waals surface area (Å²) in [4.78, 5) is 37.6. The maximum atomic E-state index is 13.4. The number of carbonyl (C=O) groups excluding carboxylic acids is 1. The van der Waals surface area contributed by atoms with E-state index in [1.807, 2.05) is 37.1 Å². The molecule has 1 aromatic carbocycles. The lowest BCUT2D eigenvalue weighted by Gasteiger charge is -2.29. The molecule has 1 N–H and O–H groups in total. The summed E-state index contributed by atoms with van der Waals surface area (Å²) >= 11 is 0. The molecule has 178 valence electrons. The quantitative estimate of drug-likeness (QED) is 0.549. The first-order valence-electron chi connectivity index (χ1n) is 12.1. The SMILES string of the molecule is CCCc1nc(N(C)CCc2ccccc2)ncc1C(=O)N(CC(=O)O)CC1CCCCC1. The van der Waals surface area contributed by atoms with E-state index in [2.05, 4.69) is 17.1 Å². The standard InChI is InChI=1S/C26H36N4O3/c1-3-10-23-22(25(33)30(19-24(31)32)18-21-13-8-5-9-14-21)17-27-26(28-23)29(2)16-15-20-11-6-4-7-12-20/h4,6-7,11-12,17,21H,3,5,8-10,13-16,18-19H2,1-2H3,(H,31,32). The van der Waals surface area contributed by atoms with E-state index in [9.17, 15) is 14.7 Å². The van der Waals surface area contributed by atoms with Crippen molar-refractivity contribution in [2.45, 2.75) is 58.3 Å². The van der Waals surface area contributed by atoms with Crippen LogP contribution < -0.4 is 4.90 Å². The normalized spacial score (nSPS) is 14.1. The maximum absolute atomic E-state index is 13.4. The zero-order valence-electron chi connectivity index (χ0n) is 19.9. The first kappa shape index (κ1) is 24.7. The number of carbonyl (C=O) groups is 2. The Bertz CT molecular complexity index is 913. The van der Waals surface area contributed by atoms with Crippen LogP contribution in [-0.4, -0.2) is 58.5 Å². The average Bonchev–Trinajstić information content (AvgIpc) is 2.83. The highest BCUT2D eigenvalue weighted by Gasteiger charge is 2.26. The zero-order valence-corrected chi connectivity index (χ0v) is 19.9. The molecule has 0 spiro atoms. The number of rotatable bonds is 11. The summed E-state index contributed by atoms with van der Waals surface area (Å²) in [5.74, 6) is -0.316. The van der Waals surface area contributed by atoms with Gasteiger partial charge in [0, 0.05) is 26.3 Å². The molecule has 2 aromatic rings. The van der Waals surface area contributed by atoms with Gasteiger partial charge in [-0.3, -0.25) is 9.59 Å². The number of hydrogen-bond acceptors (Lipinski definition) is 5. The molecule has 0 saturated heterocycles. The Morgan fingerprint density at radius 1 is 1.09 bits per heavy atom. The second-order valence-corrected chi connectivity index (χ2v) is 9.02. The third kappa shape index (κ3) is 7.27. The minimum absolute atomic E-state index is 0.273. The van der Waals surface area contributed by atoms with Crippen LogP contribution in [0.2, 0.25) is 0 Å². The molecule has 0 unspecified atom stereocenters. The number of carboxylic acids is 1. The number of benzene rings is 1. The Labute approximate surface area is 196 Å². The number of hydrogen-bond donors (Lipinski definition) is 1. The Balaban J connectivity index is 1.76. The maximum Gasteiger partial charge on any atom is 0.323 e. The summed E-state index contributed by atoms with van der Waals surface area (Å²) in [6.07, 6.45) is 9.56. The van der Waals surface area contributed by atoms with Gasteiger partial charge < -0.3 is 14.9 Å². The van der Waals surface area contributed by atoms with Gasteiger partial charge in [0.2, 0.25) is 5.95 Å². The number of likely N-dealkylation sites (N-methyl/N-ethyl adjacent to an activating group) is 1. The predicted octanol–water partition coefficient (Wildman–Crippen LogP) is 4.22. The average molecular weight is 453 g/mol. The highest BCUT2D eigenvalue weighted by Crippen LogP contribution is 2.25. The second kappa shape index (κ2) is 12.3. The third-order valence-corrected chi connectivity index (χ3v) is 6.31. The van der Waals surface area contributed by atoms with Crippen molar-refractivity contribution in [2.75, 3.05) is 31.6 Å². The monoisotopic (exact) mass is 452 g/mol. The van der Waals surface area contributed by atoms with Crippen LogP contribution in [-0.2, 0) is 17.6 Å². The molecule has 0 aliphatic heterocycles. The van der Waals surface area contributed by atoms with Crippen molar-refractivity contribution in [1.82, 2.24) is 14.9 Å². The summed E-state index contributed by atoms with van der Waals surface area (Å²) < 4.78 is 0. The molecular formula is C26H36N4O3. The molecule has 0 atom stereocenters. The van der Waals surface area contributed by atoms with Crippen molar-refractivity contribution in [2.24, 2.45) is 5.92 Å². The van der Waals surface area contributed by atoms with Gasteiger partial charge in [-0.2, -0.15) is 0 Å². The molecule has 1 amide bonds. The van der Waals surface area contributed by atoms with Crippen molar-refractivity contribution in [1.29, 1.82) is 0 Å². The van der Waals surface area contributed by atoms with E-state index in [-0.39, 0.29) is 12.5 Å². The van der Waals surface area contributed by atoms with Crippen LogP contribution in [0.3, 0.4) is 0 Å². The van der Waals surface area contributed by atoms with E-state index in [4.69, 9.17) is 4.98 Å². The van der Waals surface area contributed by atoms with Gasteiger partial charge in [0.15, 0.2) is 0 Å². The van der Waals surface area contributed by atoms with E-state index in [1.165, 1.54) is 16.9 Å². The number of carboxylic acid groups (broad SMARTS) is 1. The zero-order chi connectivity index (χ0) is 23.6. The molecule has 33 heavy (non-hydrogen) atoms. The van der Waals surface area contributed by atoms with E-state index in [0.29, 0.717) is 36.1 Å². The van der Waals surface area contributed by atoms with Gasteiger partial charge in [-0.15, -0.1) is 0 Å². The fraction of sp³-hybridized carbons (Fsp3) is 0.538. The summed E-state index contributed by atoms with van der Waals surface area (Å²) in [5, 5.41) is 9.42. The van der Waals surface area contributed by atoms with Crippen molar-refractivity contribution >= 4 is 17.8 Å². The molecule has 7 heteroatoms. The number of aryl methyl sites for hydroxylation is 1. The van der Waals surface area contributed by atoms with Crippen LogP contribution in [0.15, 0.2) is 36.5 Å². The van der Waals surface area contributed by atoms with Gasteiger partial charge in [-0.25, -0.2) is 9.97 Å². The van der Waals surface area contributed by atoms with Crippen LogP contribution in [0.1, 0.15) is 67.1 Å². The summed E-state index contributed by atoms with van der Waals surface area (Å²) in [7, 11) is 1.95. The predicted molar refractivity (Wildman–Crippen MR) is 130 cm³/mol. The lowest BCUT2D eigenvalue weighted by molar-refractivity contribution is -0.137. The number of aromatic nitrogens is 2. The Hall–Kier alpha value is -2.96. The Kier molecular flexibility index (Phi) is 9.22. The van der Waals surface area contributed by atoms with Crippen molar-refractivity contribution in [3.05, 3.63) is 53.3 Å². The molecule has 0 radical (unpaired) electrons. The van der Waals surface area contributed by atoms with Gasteiger partial charge in [-0.05, 0) is 37.2 Å². The molecule has 1 aliphatic carbocycles. The van der Waals surface area contributed by atoms with Crippen molar-refractivity contribution in [3.8, 4) is 0 Å². The van der Waals surface area contributed by atoms with E-state index in [1.54, 1.807) is 6.20 Å². The topological polar surface area (TPSA) is 86.6 Å². The molecule has 1 aromatic heterocycles. The van der Waals surface area contributed by atoms with Gasteiger partial charge in [0.1, 0.15) is 6.54 Å². The van der Waals surface area contributed by atoms with Crippen molar-refractivity contribution < 1.29 is 14.7 Å².